The molecule has 0 radical (unpaired) electrons. The summed E-state index contributed by atoms with van der Waals surface area (Å²) in [6.07, 6.45) is 3.48. The van der Waals surface area contributed by atoms with Crippen LogP contribution in [0.5, 0.6) is 0 Å². The highest BCUT2D eigenvalue weighted by Gasteiger charge is 2.13. The molecule has 2 heterocycles. The van der Waals surface area contributed by atoms with Gasteiger partial charge in [-0.1, -0.05) is 16.8 Å². The molecule has 0 unspecified atom stereocenters. The lowest BCUT2D eigenvalue weighted by atomic mass is 10.1. The Balaban J connectivity index is 1.84. The van der Waals surface area contributed by atoms with Crippen LogP contribution in [0.1, 0.15) is 23.4 Å². The van der Waals surface area contributed by atoms with Crippen LogP contribution in [0, 0.1) is 13.8 Å². The van der Waals surface area contributed by atoms with Crippen molar-refractivity contribution >= 4 is 5.91 Å². The van der Waals surface area contributed by atoms with Crippen LogP contribution in [0.2, 0.25) is 0 Å². The first-order chi connectivity index (χ1) is 8.66. The molecule has 1 amide bonds. The van der Waals surface area contributed by atoms with Crippen molar-refractivity contribution in [1.82, 2.24) is 15.8 Å². The summed E-state index contributed by atoms with van der Waals surface area (Å²) in [6, 6.07) is 0. The average Bonchev–Trinajstić information content (AvgIpc) is 2.69. The van der Waals surface area contributed by atoms with E-state index in [9.17, 15) is 4.79 Å². The highest BCUT2D eigenvalue weighted by atomic mass is 16.5. The number of hydrogen-bond donors (Lipinski definition) is 2. The Morgan fingerprint density at radius 1 is 1.56 bits per heavy atom. The van der Waals surface area contributed by atoms with Crippen LogP contribution in [-0.4, -0.2) is 30.7 Å². The summed E-state index contributed by atoms with van der Waals surface area (Å²) in [5.74, 6) is 0.743. The fourth-order valence-corrected chi connectivity index (χ4v) is 2.02. The molecule has 2 N–H and O–H groups in total. The highest BCUT2D eigenvalue weighted by Crippen LogP contribution is 2.12. The van der Waals surface area contributed by atoms with Crippen LogP contribution in [0.25, 0.3) is 0 Å². The number of carbonyl (C=O) groups excluding carboxylic acids is 1. The molecular weight excluding hydrogens is 230 g/mol. The first kappa shape index (κ1) is 12.8. The van der Waals surface area contributed by atoms with Gasteiger partial charge in [-0.2, -0.15) is 0 Å². The van der Waals surface area contributed by atoms with E-state index in [-0.39, 0.29) is 5.91 Å². The van der Waals surface area contributed by atoms with Gasteiger partial charge in [0, 0.05) is 18.7 Å². The Labute approximate surface area is 107 Å². The molecule has 98 valence electrons. The number of amides is 1. The standard InChI is InChI=1S/C13H19N3O2/c1-9-12(10(2)18-16-9)7-13(17)15-8-11-3-5-14-6-4-11/h3,14H,4-8H2,1-2H3,(H,15,17). The largest absolute Gasteiger partial charge is 0.361 e. The third-order valence-electron chi connectivity index (χ3n) is 3.19. The van der Waals surface area contributed by atoms with Gasteiger partial charge in [-0.3, -0.25) is 4.79 Å². The average molecular weight is 249 g/mol. The molecule has 0 fully saturated rings. The van der Waals surface area contributed by atoms with E-state index in [0.717, 1.165) is 36.5 Å². The lowest BCUT2D eigenvalue weighted by molar-refractivity contribution is -0.120. The monoisotopic (exact) mass is 249 g/mol. The smallest absolute Gasteiger partial charge is 0.224 e. The molecule has 1 aromatic heterocycles. The van der Waals surface area contributed by atoms with Crippen LogP contribution in [0.3, 0.4) is 0 Å². The Bertz CT molecular complexity index is 443. The molecular formula is C13H19N3O2. The summed E-state index contributed by atoms with van der Waals surface area (Å²) < 4.78 is 5.04. The minimum absolute atomic E-state index is 0.0174. The first-order valence-electron chi connectivity index (χ1n) is 6.24. The van der Waals surface area contributed by atoms with Gasteiger partial charge < -0.3 is 15.2 Å². The van der Waals surface area contributed by atoms with Crippen molar-refractivity contribution in [2.24, 2.45) is 0 Å². The molecule has 0 saturated carbocycles. The number of aryl methyl sites for hydroxylation is 2. The molecule has 1 aliphatic rings. The molecule has 0 saturated heterocycles. The number of nitrogens with one attached hydrogen (secondary N) is 2. The van der Waals surface area contributed by atoms with E-state index < -0.39 is 0 Å². The maximum atomic E-state index is 11.8. The SMILES string of the molecule is Cc1noc(C)c1CC(=O)NCC1=CCNCC1. The summed E-state index contributed by atoms with van der Waals surface area (Å²) in [5.41, 5.74) is 2.98. The minimum Gasteiger partial charge on any atom is -0.361 e. The summed E-state index contributed by atoms with van der Waals surface area (Å²) in [7, 11) is 0. The van der Waals surface area contributed by atoms with Gasteiger partial charge in [0.1, 0.15) is 5.76 Å². The fourth-order valence-electron chi connectivity index (χ4n) is 2.02. The van der Waals surface area contributed by atoms with E-state index in [0.29, 0.717) is 13.0 Å². The Morgan fingerprint density at radius 2 is 2.39 bits per heavy atom. The van der Waals surface area contributed by atoms with Gasteiger partial charge in [-0.25, -0.2) is 0 Å². The van der Waals surface area contributed by atoms with E-state index in [2.05, 4.69) is 21.9 Å². The summed E-state index contributed by atoms with van der Waals surface area (Å²) in [5, 5.41) is 10.0. The number of carbonyl (C=O) groups is 1. The van der Waals surface area contributed by atoms with Crippen LogP contribution in [0.15, 0.2) is 16.2 Å². The highest BCUT2D eigenvalue weighted by molar-refractivity contribution is 5.79. The molecule has 0 bridgehead atoms. The lowest BCUT2D eigenvalue weighted by Gasteiger charge is -2.14. The van der Waals surface area contributed by atoms with Crippen molar-refractivity contribution in [2.45, 2.75) is 26.7 Å². The van der Waals surface area contributed by atoms with E-state index >= 15 is 0 Å². The molecule has 1 aliphatic heterocycles. The molecule has 5 heteroatoms. The van der Waals surface area contributed by atoms with Crippen molar-refractivity contribution in [3.05, 3.63) is 28.7 Å². The zero-order chi connectivity index (χ0) is 13.0. The van der Waals surface area contributed by atoms with Crippen molar-refractivity contribution < 1.29 is 9.32 Å². The summed E-state index contributed by atoms with van der Waals surface area (Å²) in [4.78, 5) is 11.8. The van der Waals surface area contributed by atoms with E-state index in [4.69, 9.17) is 4.52 Å². The molecule has 0 spiro atoms. The Morgan fingerprint density at radius 3 is 3.00 bits per heavy atom. The van der Waals surface area contributed by atoms with Crippen LogP contribution in [-0.2, 0) is 11.2 Å². The predicted octanol–water partition coefficient (Wildman–Crippen LogP) is 0.870. The summed E-state index contributed by atoms with van der Waals surface area (Å²) >= 11 is 0. The maximum absolute atomic E-state index is 11.8. The third kappa shape index (κ3) is 3.20. The van der Waals surface area contributed by atoms with Gasteiger partial charge in [0.2, 0.25) is 5.91 Å². The van der Waals surface area contributed by atoms with E-state index in [1.54, 1.807) is 0 Å². The third-order valence-corrected chi connectivity index (χ3v) is 3.19. The van der Waals surface area contributed by atoms with Crippen LogP contribution in [0.4, 0.5) is 0 Å². The first-order valence-corrected chi connectivity index (χ1v) is 6.24. The molecule has 1 aromatic rings. The van der Waals surface area contributed by atoms with Crippen molar-refractivity contribution in [3.8, 4) is 0 Å². The second-order valence-electron chi connectivity index (χ2n) is 4.57. The minimum atomic E-state index is 0.0174. The van der Waals surface area contributed by atoms with Crippen LogP contribution < -0.4 is 10.6 Å². The molecule has 5 nitrogen and oxygen atoms in total. The number of rotatable bonds is 4. The maximum Gasteiger partial charge on any atom is 0.224 e. The topological polar surface area (TPSA) is 67.2 Å². The normalized spacial score (nSPS) is 15.3. The second-order valence-corrected chi connectivity index (χ2v) is 4.57. The second kappa shape index (κ2) is 5.82. The Hall–Kier alpha value is -1.62. The zero-order valence-electron chi connectivity index (χ0n) is 10.9. The van der Waals surface area contributed by atoms with Gasteiger partial charge in [0.15, 0.2) is 0 Å². The zero-order valence-corrected chi connectivity index (χ0v) is 10.9. The van der Waals surface area contributed by atoms with Crippen LogP contribution >= 0.6 is 0 Å². The van der Waals surface area contributed by atoms with Gasteiger partial charge in [0.25, 0.3) is 0 Å². The van der Waals surface area contributed by atoms with E-state index in [1.807, 2.05) is 13.8 Å². The fraction of sp³-hybridized carbons (Fsp3) is 0.538. The van der Waals surface area contributed by atoms with Gasteiger partial charge in [-0.05, 0) is 26.8 Å². The van der Waals surface area contributed by atoms with Gasteiger partial charge >= 0.3 is 0 Å². The van der Waals surface area contributed by atoms with E-state index in [1.165, 1.54) is 5.57 Å². The van der Waals surface area contributed by atoms with Crippen molar-refractivity contribution in [3.63, 3.8) is 0 Å². The predicted molar refractivity (Wildman–Crippen MR) is 68.3 cm³/mol. The molecule has 0 aromatic carbocycles. The molecule has 18 heavy (non-hydrogen) atoms. The molecule has 2 rings (SSSR count). The number of aromatic nitrogens is 1. The number of hydrogen-bond acceptors (Lipinski definition) is 4. The molecule has 0 atom stereocenters. The lowest BCUT2D eigenvalue weighted by Crippen LogP contribution is -2.30. The Kier molecular flexibility index (Phi) is 4.15. The van der Waals surface area contributed by atoms with Crippen molar-refractivity contribution in [2.75, 3.05) is 19.6 Å². The van der Waals surface area contributed by atoms with Gasteiger partial charge in [0.05, 0.1) is 12.1 Å². The van der Waals surface area contributed by atoms with Crippen molar-refractivity contribution in [1.29, 1.82) is 0 Å². The van der Waals surface area contributed by atoms with Gasteiger partial charge in [-0.15, -0.1) is 0 Å². The quantitative estimate of drug-likeness (QED) is 0.777. The molecule has 0 aliphatic carbocycles. The number of nitrogens with zero attached hydrogens (tertiary/aromatic N) is 1. The summed E-state index contributed by atoms with van der Waals surface area (Å²) in [6.45, 7) is 6.22.